The first-order valence-corrected chi connectivity index (χ1v) is 43.2. The highest BCUT2D eigenvalue weighted by Gasteiger charge is 2.27. The molecule has 0 saturated carbocycles. The SMILES string of the molecule is c1cc(-c2ccc3c4ccccc4c4ccccc4c3c2)cc(-c2sc3ccccc3c3nc4ccccc4c2-3)c1.c1cc2ccc3ccc(-c4ccc(-c5sc6ccccc6c6nc7ccccc7c5-6)cc4)c4ccc(c1)c2c34.c1ccc(-c2nc(-c3ccccc3)nc(-c3ccc(-c4sc5ccccc5c5nc6ccccc6c4-5)cc3)n2)cc1. The molecule has 7 heterocycles. The van der Waals surface area contributed by atoms with Crippen molar-refractivity contribution in [2.75, 3.05) is 0 Å². The Hall–Kier alpha value is -15.1. The van der Waals surface area contributed by atoms with E-state index < -0.39 is 0 Å². The van der Waals surface area contributed by atoms with Crippen molar-refractivity contribution in [2.24, 2.45) is 0 Å². The Kier molecular flexibility index (Phi) is 16.8. The van der Waals surface area contributed by atoms with E-state index in [1.54, 1.807) is 0 Å². The summed E-state index contributed by atoms with van der Waals surface area (Å²) >= 11 is 5.53. The molecule has 20 aromatic rings. The number of para-hydroxylation sites is 3. The zero-order valence-electron chi connectivity index (χ0n) is 65.0. The fraction of sp³-hybridized carbons (Fsp3) is 0. The van der Waals surface area contributed by atoms with Crippen molar-refractivity contribution in [2.45, 2.75) is 0 Å². The van der Waals surface area contributed by atoms with Gasteiger partial charge in [0.05, 0.1) is 33.6 Å². The standard InChI is InChI=1S/C39H23NS.C37H21NS.C36H22N4S/c1-2-14-29-27(12-1)28-13-3-4-15-30(28)34-23-25(20-21-31(29)34)24-10-9-11-26(22-24)39-37-32-16-5-7-18-35(32)40-38(37)33-17-6-8-19-36(33)41-39;1-3-10-31-29(8-1)35-36(38-31)30-9-2-4-11-32(30)39-37(35)26-16-12-22(13-17-26)27-20-18-25-15-14-23-6-5-7-24-19-21-28(27)34(25)33(23)24;1-3-11-24(12-4-1)34-38-35(25-13-5-2-6-14-25)40-36(39-34)26-21-19-23(20-22-26)33-31-27-15-7-9-17-29(27)37-32(31)28-16-8-10-18-30(28)41-33/h1-23H;1-21H;1-22H. The minimum Gasteiger partial charge on any atom is -0.247 e. The summed E-state index contributed by atoms with van der Waals surface area (Å²) in [5.74, 6) is 1.97. The molecule has 19 aromatic carbocycles. The largest absolute Gasteiger partial charge is 0.247 e. The van der Waals surface area contributed by atoms with E-state index in [2.05, 4.69) is 340 Å². The fourth-order valence-electron chi connectivity index (χ4n) is 18.3. The van der Waals surface area contributed by atoms with E-state index in [1.807, 2.05) is 94.7 Å². The predicted octanol–water partition coefficient (Wildman–Crippen LogP) is 31.5. The molecule has 0 aliphatic carbocycles. The van der Waals surface area contributed by atoms with Gasteiger partial charge >= 0.3 is 0 Å². The van der Waals surface area contributed by atoms with Gasteiger partial charge in [-0.15, -0.1) is 34.0 Å². The molecule has 6 nitrogen and oxygen atoms in total. The average molecular weight is 1590 g/mol. The van der Waals surface area contributed by atoms with Crippen LogP contribution < -0.4 is 0 Å². The Labute approximate surface area is 708 Å². The molecule has 0 bridgehead atoms. The lowest BCUT2D eigenvalue weighted by Crippen LogP contribution is -2.00. The van der Waals surface area contributed by atoms with Crippen molar-refractivity contribution in [3.63, 3.8) is 0 Å². The van der Waals surface area contributed by atoms with Gasteiger partial charge in [-0.1, -0.05) is 352 Å². The van der Waals surface area contributed by atoms with E-state index in [9.17, 15) is 0 Å². The molecular weight excluding hydrogens is 1530 g/mol. The third kappa shape index (κ3) is 11.9. The van der Waals surface area contributed by atoms with Crippen LogP contribution in [0.5, 0.6) is 0 Å². The van der Waals surface area contributed by atoms with Crippen LogP contribution in [0, 0.1) is 0 Å². The summed E-state index contributed by atoms with van der Waals surface area (Å²) in [7, 11) is 0. The molecule has 0 spiro atoms. The number of benzene rings is 19. The number of hydrogen-bond donors (Lipinski definition) is 0. The van der Waals surface area contributed by atoms with Gasteiger partial charge in [0, 0.05) is 94.4 Å². The molecule has 0 fully saturated rings. The summed E-state index contributed by atoms with van der Waals surface area (Å²) in [5, 5.41) is 23.0. The Morgan fingerprint density at radius 1 is 0.165 bits per heavy atom. The van der Waals surface area contributed by atoms with Gasteiger partial charge in [0.15, 0.2) is 17.5 Å². The number of hydrogen-bond acceptors (Lipinski definition) is 9. The average Bonchev–Trinajstić information content (AvgIpc) is 1.74. The van der Waals surface area contributed by atoms with Gasteiger partial charge in [-0.3, -0.25) is 0 Å². The molecule has 6 aliphatic rings. The van der Waals surface area contributed by atoms with Crippen molar-refractivity contribution in [1.29, 1.82) is 0 Å². The third-order valence-corrected chi connectivity index (χ3v) is 27.6. The van der Waals surface area contributed by atoms with Crippen molar-refractivity contribution >= 4 is 162 Å². The van der Waals surface area contributed by atoms with E-state index in [1.165, 1.54) is 176 Å². The fourth-order valence-corrected chi connectivity index (χ4v) is 21.9. The summed E-state index contributed by atoms with van der Waals surface area (Å²) in [5.41, 5.74) is 21.5. The first-order valence-electron chi connectivity index (χ1n) is 40.8. The van der Waals surface area contributed by atoms with Gasteiger partial charge in [-0.2, -0.15) is 0 Å². The van der Waals surface area contributed by atoms with Crippen LogP contribution in [0.3, 0.4) is 0 Å². The highest BCUT2D eigenvalue weighted by atomic mass is 32.1. The van der Waals surface area contributed by atoms with Crippen molar-refractivity contribution in [3.8, 4) is 122 Å². The van der Waals surface area contributed by atoms with Crippen LogP contribution in [0.15, 0.2) is 400 Å². The van der Waals surface area contributed by atoms with Crippen LogP contribution in [0.4, 0.5) is 0 Å². The first-order chi connectivity index (χ1) is 60.0. The van der Waals surface area contributed by atoms with Gasteiger partial charge in [-0.05, 0) is 152 Å². The zero-order valence-corrected chi connectivity index (χ0v) is 67.5. The molecule has 0 radical (unpaired) electrons. The van der Waals surface area contributed by atoms with E-state index in [4.69, 9.17) is 29.9 Å². The Morgan fingerprint density at radius 3 is 0.942 bits per heavy atom. The molecule has 26 rings (SSSR count). The van der Waals surface area contributed by atoms with Crippen molar-refractivity contribution in [3.05, 3.63) is 400 Å². The Balaban J connectivity index is 0.000000103. The number of aromatic nitrogens is 6. The Bertz CT molecular complexity index is 8360. The molecule has 562 valence electrons. The molecule has 1 aromatic heterocycles. The minimum absolute atomic E-state index is 0.650. The molecule has 0 N–H and O–H groups in total. The van der Waals surface area contributed by atoms with Crippen LogP contribution in [0.2, 0.25) is 0 Å². The predicted molar refractivity (Wildman–Crippen MR) is 514 cm³/mol. The number of fused-ring (bicyclic) bond motifs is 21. The van der Waals surface area contributed by atoms with Crippen molar-refractivity contribution in [1.82, 2.24) is 29.9 Å². The molecule has 121 heavy (non-hydrogen) atoms. The lowest BCUT2D eigenvalue weighted by Gasteiger charge is -2.15. The van der Waals surface area contributed by atoms with Gasteiger partial charge < -0.3 is 0 Å². The van der Waals surface area contributed by atoms with Crippen LogP contribution in [-0.2, 0) is 0 Å². The van der Waals surface area contributed by atoms with Crippen molar-refractivity contribution < 1.29 is 0 Å². The molecule has 0 saturated heterocycles. The highest BCUT2D eigenvalue weighted by Crippen LogP contribution is 2.52. The van der Waals surface area contributed by atoms with Crippen LogP contribution in [0.1, 0.15) is 0 Å². The summed E-state index contributed by atoms with van der Waals surface area (Å²) in [6, 6.07) is 143. The maximum absolute atomic E-state index is 5.10. The second-order valence-electron chi connectivity index (χ2n) is 30.9. The lowest BCUT2D eigenvalue weighted by molar-refractivity contribution is 1.07. The summed E-state index contributed by atoms with van der Waals surface area (Å²) in [4.78, 5) is 33.6. The molecule has 0 amide bonds. The summed E-state index contributed by atoms with van der Waals surface area (Å²) in [6.07, 6.45) is 0. The first kappa shape index (κ1) is 70.1. The van der Waals surface area contributed by atoms with E-state index >= 15 is 0 Å². The molecule has 0 unspecified atom stereocenters. The highest BCUT2D eigenvalue weighted by molar-refractivity contribution is 7.23. The maximum atomic E-state index is 5.10. The number of rotatable bonds is 8. The van der Waals surface area contributed by atoms with Gasteiger partial charge in [-0.25, -0.2) is 29.9 Å². The zero-order chi connectivity index (χ0) is 79.6. The van der Waals surface area contributed by atoms with Gasteiger partial charge in [0.25, 0.3) is 0 Å². The molecule has 0 atom stereocenters. The minimum atomic E-state index is 0.650. The second kappa shape index (κ2) is 28.9. The lowest BCUT2D eigenvalue weighted by atomic mass is 9.89. The topological polar surface area (TPSA) is 77.3 Å². The van der Waals surface area contributed by atoms with Crippen LogP contribution in [0.25, 0.3) is 249 Å². The van der Waals surface area contributed by atoms with E-state index in [0.29, 0.717) is 17.5 Å². The number of nitrogens with zero attached hydrogens (tertiary/aromatic N) is 6. The normalized spacial score (nSPS) is 11.8. The smallest absolute Gasteiger partial charge is 0.164 e. The second-order valence-corrected chi connectivity index (χ2v) is 34.1. The molecular formula is C112H66N6S3. The Morgan fingerprint density at radius 2 is 0.471 bits per heavy atom. The van der Waals surface area contributed by atoms with Gasteiger partial charge in [0.1, 0.15) is 0 Å². The maximum Gasteiger partial charge on any atom is 0.164 e. The third-order valence-electron chi connectivity index (χ3n) is 24.0. The quantitative estimate of drug-likeness (QED) is 0.141. The van der Waals surface area contributed by atoms with E-state index in [0.717, 1.165) is 55.9 Å². The van der Waals surface area contributed by atoms with E-state index in [-0.39, 0.29) is 0 Å². The summed E-state index contributed by atoms with van der Waals surface area (Å²) in [6.45, 7) is 0. The summed E-state index contributed by atoms with van der Waals surface area (Å²) < 4.78 is 3.74. The van der Waals surface area contributed by atoms with Crippen LogP contribution >= 0.6 is 34.0 Å². The van der Waals surface area contributed by atoms with Crippen LogP contribution in [-0.4, -0.2) is 29.9 Å². The molecule has 9 heteroatoms. The molecule has 6 aliphatic heterocycles. The monoisotopic (exact) mass is 1590 g/mol. The van der Waals surface area contributed by atoms with Gasteiger partial charge in [0.2, 0.25) is 0 Å².